The van der Waals surface area contributed by atoms with Crippen LogP contribution in [0.5, 0.6) is 5.75 Å². The molecular formula is C21H23ClN2O3. The van der Waals surface area contributed by atoms with Crippen LogP contribution in [0.1, 0.15) is 43.0 Å². The van der Waals surface area contributed by atoms with Crippen LogP contribution in [-0.4, -0.2) is 18.4 Å². The smallest absolute Gasteiger partial charge is 0.255 e. The lowest BCUT2D eigenvalue weighted by Gasteiger charge is -2.13. The van der Waals surface area contributed by atoms with E-state index < -0.39 is 0 Å². The zero-order valence-corrected chi connectivity index (χ0v) is 16.0. The van der Waals surface area contributed by atoms with Gasteiger partial charge in [-0.3, -0.25) is 9.59 Å². The van der Waals surface area contributed by atoms with Gasteiger partial charge in [-0.15, -0.1) is 0 Å². The number of carbonyl (C=O) groups is 2. The van der Waals surface area contributed by atoms with Gasteiger partial charge in [-0.05, 0) is 62.2 Å². The van der Waals surface area contributed by atoms with Crippen molar-refractivity contribution in [3.05, 3.63) is 53.1 Å². The molecule has 0 heterocycles. The molecule has 1 aliphatic carbocycles. The average molecular weight is 387 g/mol. The first-order valence-corrected chi connectivity index (χ1v) is 9.59. The molecule has 0 aliphatic heterocycles. The highest BCUT2D eigenvalue weighted by atomic mass is 35.5. The number of halogens is 1. The second kappa shape index (κ2) is 8.91. The van der Waals surface area contributed by atoms with Crippen LogP contribution in [0.2, 0.25) is 5.02 Å². The van der Waals surface area contributed by atoms with E-state index in [9.17, 15) is 9.59 Å². The van der Waals surface area contributed by atoms with E-state index in [0.717, 1.165) is 31.4 Å². The Morgan fingerprint density at radius 3 is 2.44 bits per heavy atom. The van der Waals surface area contributed by atoms with Gasteiger partial charge in [0.05, 0.1) is 17.3 Å². The lowest BCUT2D eigenvalue weighted by atomic mass is 10.1. The van der Waals surface area contributed by atoms with Crippen LogP contribution in [0.25, 0.3) is 0 Å². The maximum atomic E-state index is 12.5. The molecule has 1 saturated carbocycles. The summed E-state index contributed by atoms with van der Waals surface area (Å²) in [5, 5.41) is 6.11. The minimum Gasteiger partial charge on any atom is -0.494 e. The number of hydrogen-bond donors (Lipinski definition) is 2. The van der Waals surface area contributed by atoms with Gasteiger partial charge >= 0.3 is 0 Å². The van der Waals surface area contributed by atoms with E-state index in [1.165, 1.54) is 0 Å². The second-order valence-electron chi connectivity index (χ2n) is 6.58. The predicted octanol–water partition coefficient (Wildman–Crippen LogP) is 5.12. The van der Waals surface area contributed by atoms with Crippen LogP contribution in [-0.2, 0) is 4.79 Å². The molecule has 142 valence electrons. The normalized spacial score (nSPS) is 14.0. The molecule has 0 saturated heterocycles. The van der Waals surface area contributed by atoms with Crippen LogP contribution in [0, 0.1) is 5.92 Å². The van der Waals surface area contributed by atoms with Gasteiger partial charge in [-0.1, -0.05) is 24.4 Å². The van der Waals surface area contributed by atoms with Crippen LogP contribution < -0.4 is 15.4 Å². The standard InChI is InChI=1S/C21H23ClN2O3/c1-2-27-17-10-8-16(9-11-17)23-21(26)15-7-12-18(22)19(13-15)24-20(25)14-5-3-4-6-14/h7-14H,2-6H2,1H3,(H,23,26)(H,24,25). The maximum absolute atomic E-state index is 12.5. The molecule has 2 aromatic rings. The Labute approximate surface area is 164 Å². The van der Waals surface area contributed by atoms with E-state index in [-0.39, 0.29) is 17.7 Å². The molecule has 3 rings (SSSR count). The van der Waals surface area contributed by atoms with Gasteiger partial charge in [0.25, 0.3) is 5.91 Å². The van der Waals surface area contributed by atoms with Gasteiger partial charge < -0.3 is 15.4 Å². The first kappa shape index (κ1) is 19.2. The quantitative estimate of drug-likeness (QED) is 0.724. The number of amides is 2. The van der Waals surface area contributed by atoms with Crippen molar-refractivity contribution in [1.82, 2.24) is 0 Å². The Morgan fingerprint density at radius 2 is 1.78 bits per heavy atom. The largest absolute Gasteiger partial charge is 0.494 e. The average Bonchev–Trinajstić information content (AvgIpc) is 3.20. The third-order valence-electron chi connectivity index (χ3n) is 4.64. The molecule has 2 amide bonds. The SMILES string of the molecule is CCOc1ccc(NC(=O)c2ccc(Cl)c(NC(=O)C3CCCC3)c2)cc1. The van der Waals surface area contributed by atoms with Crippen molar-refractivity contribution >= 4 is 34.8 Å². The summed E-state index contributed by atoms with van der Waals surface area (Å²) in [4.78, 5) is 24.9. The summed E-state index contributed by atoms with van der Waals surface area (Å²) in [5.74, 6) is 0.479. The summed E-state index contributed by atoms with van der Waals surface area (Å²) in [7, 11) is 0. The summed E-state index contributed by atoms with van der Waals surface area (Å²) in [6, 6.07) is 12.0. The van der Waals surface area contributed by atoms with E-state index in [0.29, 0.717) is 28.6 Å². The molecule has 2 N–H and O–H groups in total. The van der Waals surface area contributed by atoms with Crippen molar-refractivity contribution in [1.29, 1.82) is 0 Å². The van der Waals surface area contributed by atoms with Crippen LogP contribution in [0.15, 0.2) is 42.5 Å². The van der Waals surface area contributed by atoms with Crippen molar-refractivity contribution in [3.63, 3.8) is 0 Å². The Balaban J connectivity index is 1.68. The minimum atomic E-state index is -0.271. The number of benzene rings is 2. The molecule has 27 heavy (non-hydrogen) atoms. The van der Waals surface area contributed by atoms with E-state index >= 15 is 0 Å². The topological polar surface area (TPSA) is 67.4 Å². The molecule has 6 heteroatoms. The molecule has 2 aromatic carbocycles. The van der Waals surface area contributed by atoms with E-state index in [1.807, 2.05) is 6.92 Å². The molecule has 1 fully saturated rings. The molecule has 0 atom stereocenters. The molecule has 0 radical (unpaired) electrons. The van der Waals surface area contributed by atoms with Crippen LogP contribution in [0.4, 0.5) is 11.4 Å². The highest BCUT2D eigenvalue weighted by molar-refractivity contribution is 6.34. The van der Waals surface area contributed by atoms with E-state index in [4.69, 9.17) is 16.3 Å². The fourth-order valence-electron chi connectivity index (χ4n) is 3.19. The highest BCUT2D eigenvalue weighted by Gasteiger charge is 2.23. The molecule has 0 spiro atoms. The fourth-order valence-corrected chi connectivity index (χ4v) is 3.35. The minimum absolute atomic E-state index is 0.0292. The number of rotatable bonds is 6. The molecule has 0 bridgehead atoms. The number of ether oxygens (including phenoxy) is 1. The third kappa shape index (κ3) is 5.01. The Kier molecular flexibility index (Phi) is 6.35. The number of nitrogens with one attached hydrogen (secondary N) is 2. The summed E-state index contributed by atoms with van der Waals surface area (Å²) in [6.45, 7) is 2.51. The maximum Gasteiger partial charge on any atom is 0.255 e. The van der Waals surface area contributed by atoms with Crippen molar-refractivity contribution < 1.29 is 14.3 Å². The molecule has 0 unspecified atom stereocenters. The van der Waals surface area contributed by atoms with Crippen molar-refractivity contribution in [3.8, 4) is 5.75 Å². The Bertz CT molecular complexity index is 815. The number of carbonyl (C=O) groups excluding carboxylic acids is 2. The van der Waals surface area contributed by atoms with Crippen molar-refractivity contribution in [2.75, 3.05) is 17.2 Å². The van der Waals surface area contributed by atoms with Gasteiger partial charge in [-0.25, -0.2) is 0 Å². The van der Waals surface area contributed by atoms with Gasteiger partial charge in [0.15, 0.2) is 0 Å². The first-order chi connectivity index (χ1) is 13.1. The molecular weight excluding hydrogens is 364 g/mol. The third-order valence-corrected chi connectivity index (χ3v) is 4.97. The van der Waals surface area contributed by atoms with Gasteiger partial charge in [0.1, 0.15) is 5.75 Å². The predicted molar refractivity (Wildman–Crippen MR) is 108 cm³/mol. The second-order valence-corrected chi connectivity index (χ2v) is 6.98. The number of hydrogen-bond acceptors (Lipinski definition) is 3. The van der Waals surface area contributed by atoms with E-state index in [2.05, 4.69) is 10.6 Å². The monoisotopic (exact) mass is 386 g/mol. The number of anilines is 2. The van der Waals surface area contributed by atoms with Gasteiger partial charge in [0, 0.05) is 17.2 Å². The van der Waals surface area contributed by atoms with Crippen molar-refractivity contribution in [2.45, 2.75) is 32.6 Å². The first-order valence-electron chi connectivity index (χ1n) is 9.21. The molecule has 5 nitrogen and oxygen atoms in total. The molecule has 1 aliphatic rings. The molecule has 0 aromatic heterocycles. The van der Waals surface area contributed by atoms with Crippen molar-refractivity contribution in [2.24, 2.45) is 5.92 Å². The Morgan fingerprint density at radius 1 is 1.07 bits per heavy atom. The lowest BCUT2D eigenvalue weighted by Crippen LogP contribution is -2.21. The lowest BCUT2D eigenvalue weighted by molar-refractivity contribution is -0.119. The van der Waals surface area contributed by atoms with Gasteiger partial charge in [-0.2, -0.15) is 0 Å². The summed E-state index contributed by atoms with van der Waals surface area (Å²) in [5.41, 5.74) is 1.55. The van der Waals surface area contributed by atoms with Crippen LogP contribution >= 0.6 is 11.6 Å². The zero-order chi connectivity index (χ0) is 19.2. The summed E-state index contributed by atoms with van der Waals surface area (Å²) in [6.07, 6.45) is 3.97. The summed E-state index contributed by atoms with van der Waals surface area (Å²) >= 11 is 6.20. The summed E-state index contributed by atoms with van der Waals surface area (Å²) < 4.78 is 5.39. The zero-order valence-electron chi connectivity index (χ0n) is 15.3. The fraction of sp³-hybridized carbons (Fsp3) is 0.333. The Hall–Kier alpha value is -2.53. The van der Waals surface area contributed by atoms with Crippen LogP contribution in [0.3, 0.4) is 0 Å². The van der Waals surface area contributed by atoms with E-state index in [1.54, 1.807) is 42.5 Å². The highest BCUT2D eigenvalue weighted by Crippen LogP contribution is 2.29. The van der Waals surface area contributed by atoms with Gasteiger partial charge in [0.2, 0.25) is 5.91 Å².